The van der Waals surface area contributed by atoms with Crippen LogP contribution in [0.25, 0.3) is 0 Å². The van der Waals surface area contributed by atoms with Crippen molar-refractivity contribution in [3.05, 3.63) is 30.1 Å². The summed E-state index contributed by atoms with van der Waals surface area (Å²) in [5.74, 6) is -0.840. The second-order valence-electron chi connectivity index (χ2n) is 4.07. The molecular formula is C12H14N2O3. The Labute approximate surface area is 99.4 Å². The van der Waals surface area contributed by atoms with E-state index in [0.29, 0.717) is 0 Å². The number of carbonyl (C=O) groups is 2. The molecule has 0 saturated carbocycles. The molecule has 1 fully saturated rings. The highest BCUT2D eigenvalue weighted by Gasteiger charge is 2.43. The van der Waals surface area contributed by atoms with Gasteiger partial charge in [0.2, 0.25) is 5.91 Å². The lowest BCUT2D eigenvalue weighted by atomic mass is 9.95. The average Bonchev–Trinajstić information content (AvgIpc) is 2.66. The quantitative estimate of drug-likeness (QED) is 0.709. The van der Waals surface area contributed by atoms with Crippen molar-refractivity contribution in [1.82, 2.24) is 9.88 Å². The van der Waals surface area contributed by atoms with Crippen LogP contribution in [0.5, 0.6) is 0 Å². The number of hydrogen-bond donors (Lipinski definition) is 0. The summed E-state index contributed by atoms with van der Waals surface area (Å²) in [5.41, 5.74) is 0.858. The number of hydrogen-bond acceptors (Lipinski definition) is 4. The van der Waals surface area contributed by atoms with Gasteiger partial charge in [-0.05, 0) is 11.6 Å². The molecule has 0 bridgehead atoms. The molecule has 1 aliphatic heterocycles. The zero-order valence-corrected chi connectivity index (χ0v) is 9.79. The lowest BCUT2D eigenvalue weighted by Crippen LogP contribution is -2.27. The molecule has 0 N–H and O–H groups in total. The molecule has 0 spiro atoms. The fraction of sp³-hybridized carbons (Fsp3) is 0.417. The van der Waals surface area contributed by atoms with Gasteiger partial charge >= 0.3 is 5.97 Å². The first-order valence-electron chi connectivity index (χ1n) is 5.38. The normalized spacial score (nSPS) is 23.9. The van der Waals surface area contributed by atoms with Crippen LogP contribution in [0.1, 0.15) is 18.0 Å². The molecule has 1 unspecified atom stereocenters. The first kappa shape index (κ1) is 11.6. The minimum absolute atomic E-state index is 0.0470. The van der Waals surface area contributed by atoms with E-state index in [9.17, 15) is 9.59 Å². The zero-order valence-electron chi connectivity index (χ0n) is 9.79. The van der Waals surface area contributed by atoms with Crippen LogP contribution >= 0.6 is 0 Å². The number of ether oxygens (including phenoxy) is 1. The van der Waals surface area contributed by atoms with Gasteiger partial charge in [-0.2, -0.15) is 0 Å². The van der Waals surface area contributed by atoms with Crippen LogP contribution in [-0.4, -0.2) is 35.9 Å². The van der Waals surface area contributed by atoms with E-state index in [1.165, 1.54) is 7.11 Å². The summed E-state index contributed by atoms with van der Waals surface area (Å²) in [6, 6.07) is 3.38. The van der Waals surface area contributed by atoms with E-state index in [4.69, 9.17) is 4.74 Å². The van der Waals surface area contributed by atoms with Crippen molar-refractivity contribution < 1.29 is 14.3 Å². The van der Waals surface area contributed by atoms with Crippen molar-refractivity contribution >= 4 is 11.9 Å². The van der Waals surface area contributed by atoms with Crippen molar-refractivity contribution in [2.24, 2.45) is 5.92 Å². The monoisotopic (exact) mass is 234 g/mol. The third kappa shape index (κ3) is 2.00. The Morgan fingerprint density at radius 1 is 1.59 bits per heavy atom. The molecule has 2 rings (SSSR count). The number of pyridine rings is 1. The number of rotatable bonds is 2. The van der Waals surface area contributed by atoms with Gasteiger partial charge in [0.05, 0.1) is 19.1 Å². The molecule has 17 heavy (non-hydrogen) atoms. The van der Waals surface area contributed by atoms with Crippen LogP contribution in [0.4, 0.5) is 0 Å². The smallest absolute Gasteiger partial charge is 0.311 e. The van der Waals surface area contributed by atoms with Crippen molar-refractivity contribution in [3.63, 3.8) is 0 Å². The summed E-state index contributed by atoms with van der Waals surface area (Å²) in [6.45, 7) is 0. The van der Waals surface area contributed by atoms with E-state index in [-0.39, 0.29) is 24.3 Å². The van der Waals surface area contributed by atoms with Gasteiger partial charge in [0.1, 0.15) is 0 Å². The van der Waals surface area contributed by atoms with Crippen molar-refractivity contribution in [2.45, 2.75) is 12.5 Å². The maximum absolute atomic E-state index is 11.7. The number of likely N-dealkylation sites (tertiary alicyclic amines) is 1. The molecule has 2 heterocycles. The fourth-order valence-electron chi connectivity index (χ4n) is 2.24. The standard InChI is InChI=1S/C12H14N2O3/c1-14-10(15)6-9(12(16)17-2)11(14)8-4-3-5-13-7-8/h3-5,7,9,11H,6H2,1-2H3/t9?,11-/m1/s1. The highest BCUT2D eigenvalue weighted by molar-refractivity contribution is 5.87. The number of esters is 1. The predicted octanol–water partition coefficient (Wildman–Crippen LogP) is 0.774. The van der Waals surface area contributed by atoms with Gasteiger partial charge in [-0.1, -0.05) is 6.07 Å². The molecule has 2 atom stereocenters. The highest BCUT2D eigenvalue weighted by Crippen LogP contribution is 2.37. The average molecular weight is 234 g/mol. The lowest BCUT2D eigenvalue weighted by Gasteiger charge is -2.23. The number of methoxy groups -OCH3 is 1. The zero-order chi connectivity index (χ0) is 12.4. The summed E-state index contributed by atoms with van der Waals surface area (Å²) < 4.78 is 4.74. The molecular weight excluding hydrogens is 220 g/mol. The SMILES string of the molecule is COC(=O)C1CC(=O)N(C)[C@@H]1c1cccnc1. The molecule has 1 aliphatic rings. The van der Waals surface area contributed by atoms with Crippen LogP contribution in [0.3, 0.4) is 0 Å². The number of aromatic nitrogens is 1. The Morgan fingerprint density at radius 3 is 2.94 bits per heavy atom. The molecule has 1 aromatic heterocycles. The molecule has 5 nitrogen and oxygen atoms in total. The van der Waals surface area contributed by atoms with Gasteiger partial charge < -0.3 is 9.64 Å². The van der Waals surface area contributed by atoms with Gasteiger partial charge in [-0.15, -0.1) is 0 Å². The first-order chi connectivity index (χ1) is 8.15. The van der Waals surface area contributed by atoms with Crippen LogP contribution in [-0.2, 0) is 14.3 Å². The first-order valence-corrected chi connectivity index (χ1v) is 5.38. The topological polar surface area (TPSA) is 59.5 Å². The Morgan fingerprint density at radius 2 is 2.35 bits per heavy atom. The molecule has 0 aliphatic carbocycles. The van der Waals surface area contributed by atoms with E-state index in [1.54, 1.807) is 30.4 Å². The summed E-state index contributed by atoms with van der Waals surface area (Å²) >= 11 is 0. The molecule has 1 aromatic rings. The summed E-state index contributed by atoms with van der Waals surface area (Å²) in [5, 5.41) is 0. The highest BCUT2D eigenvalue weighted by atomic mass is 16.5. The Hall–Kier alpha value is -1.91. The number of amides is 1. The molecule has 0 aromatic carbocycles. The maximum atomic E-state index is 11.7. The minimum atomic E-state index is -0.443. The molecule has 0 radical (unpaired) electrons. The largest absolute Gasteiger partial charge is 0.469 e. The number of nitrogens with zero attached hydrogens (tertiary/aromatic N) is 2. The predicted molar refractivity (Wildman–Crippen MR) is 59.9 cm³/mol. The summed E-state index contributed by atoms with van der Waals surface area (Å²) in [4.78, 5) is 29.0. The minimum Gasteiger partial charge on any atom is -0.469 e. The van der Waals surface area contributed by atoms with Gasteiger partial charge in [0, 0.05) is 25.9 Å². The van der Waals surface area contributed by atoms with Gasteiger partial charge in [0.25, 0.3) is 0 Å². The van der Waals surface area contributed by atoms with Crippen LogP contribution in [0.2, 0.25) is 0 Å². The van der Waals surface area contributed by atoms with Gasteiger partial charge in [-0.25, -0.2) is 0 Å². The summed E-state index contributed by atoms with van der Waals surface area (Å²) in [6.07, 6.45) is 3.53. The second-order valence-corrected chi connectivity index (χ2v) is 4.07. The number of carbonyl (C=O) groups excluding carboxylic acids is 2. The lowest BCUT2D eigenvalue weighted by molar-refractivity contribution is -0.146. The maximum Gasteiger partial charge on any atom is 0.311 e. The van der Waals surface area contributed by atoms with Gasteiger partial charge in [0.15, 0.2) is 0 Å². The van der Waals surface area contributed by atoms with E-state index in [0.717, 1.165) is 5.56 Å². The van der Waals surface area contributed by atoms with E-state index in [1.807, 2.05) is 6.07 Å². The van der Waals surface area contributed by atoms with E-state index < -0.39 is 5.92 Å². The molecule has 1 amide bonds. The third-order valence-corrected chi connectivity index (χ3v) is 3.12. The Balaban J connectivity index is 2.34. The Bertz CT molecular complexity index is 433. The second kappa shape index (κ2) is 4.53. The van der Waals surface area contributed by atoms with Crippen LogP contribution < -0.4 is 0 Å². The Kier molecular flexibility index (Phi) is 3.08. The third-order valence-electron chi connectivity index (χ3n) is 3.12. The van der Waals surface area contributed by atoms with Gasteiger partial charge in [-0.3, -0.25) is 14.6 Å². The van der Waals surface area contributed by atoms with Crippen molar-refractivity contribution in [2.75, 3.05) is 14.2 Å². The van der Waals surface area contributed by atoms with E-state index >= 15 is 0 Å². The van der Waals surface area contributed by atoms with Crippen LogP contribution in [0.15, 0.2) is 24.5 Å². The summed E-state index contributed by atoms with van der Waals surface area (Å²) in [7, 11) is 3.04. The van der Waals surface area contributed by atoms with Crippen molar-refractivity contribution in [3.8, 4) is 0 Å². The molecule has 5 heteroatoms. The molecule has 90 valence electrons. The van der Waals surface area contributed by atoms with Crippen molar-refractivity contribution in [1.29, 1.82) is 0 Å². The molecule has 1 saturated heterocycles. The van der Waals surface area contributed by atoms with E-state index in [2.05, 4.69) is 4.98 Å². The van der Waals surface area contributed by atoms with Crippen LogP contribution in [0, 0.1) is 5.92 Å². The fourth-order valence-corrected chi connectivity index (χ4v) is 2.24.